The highest BCUT2D eigenvalue weighted by atomic mass is 79.9. The van der Waals surface area contributed by atoms with Gasteiger partial charge >= 0.3 is 0 Å². The van der Waals surface area contributed by atoms with E-state index in [2.05, 4.69) is 21.2 Å². The van der Waals surface area contributed by atoms with Crippen LogP contribution in [0.3, 0.4) is 0 Å². The van der Waals surface area contributed by atoms with E-state index in [9.17, 15) is 4.39 Å². The molecule has 2 rings (SSSR count). The Morgan fingerprint density at radius 3 is 2.62 bits per heavy atom. The molecule has 21 heavy (non-hydrogen) atoms. The molecule has 0 aromatic heterocycles. The normalized spacial score (nSPS) is 12.2. The van der Waals surface area contributed by atoms with Crippen molar-refractivity contribution in [1.82, 2.24) is 5.32 Å². The second-order valence-corrected chi connectivity index (χ2v) is 5.78. The molecule has 1 atom stereocenters. The van der Waals surface area contributed by atoms with Gasteiger partial charge in [-0.15, -0.1) is 0 Å². The summed E-state index contributed by atoms with van der Waals surface area (Å²) in [5.41, 5.74) is 2.56. The highest BCUT2D eigenvalue weighted by Crippen LogP contribution is 2.33. The minimum absolute atomic E-state index is 0.220. The number of nitrogens with one attached hydrogen (secondary N) is 1. The molecule has 2 aromatic carbocycles. The number of rotatable bonds is 5. The van der Waals surface area contributed by atoms with Crippen LogP contribution in [0.2, 0.25) is 0 Å². The summed E-state index contributed by atoms with van der Waals surface area (Å²) in [6.45, 7) is 4.47. The summed E-state index contributed by atoms with van der Waals surface area (Å²) in [7, 11) is 1.82. The van der Waals surface area contributed by atoms with Crippen molar-refractivity contribution in [3.05, 3.63) is 63.4 Å². The Hall–Kier alpha value is -1.39. The lowest BCUT2D eigenvalue weighted by molar-refractivity contribution is 0.333. The van der Waals surface area contributed by atoms with Crippen LogP contribution < -0.4 is 10.1 Å². The number of aryl methyl sites for hydroxylation is 1. The molecule has 0 aliphatic heterocycles. The van der Waals surface area contributed by atoms with E-state index in [0.29, 0.717) is 12.2 Å². The van der Waals surface area contributed by atoms with E-state index < -0.39 is 0 Å². The van der Waals surface area contributed by atoms with Crippen molar-refractivity contribution in [2.24, 2.45) is 0 Å². The Morgan fingerprint density at radius 2 is 1.95 bits per heavy atom. The van der Waals surface area contributed by atoms with Gasteiger partial charge in [-0.05, 0) is 45.2 Å². The van der Waals surface area contributed by atoms with E-state index in [0.717, 1.165) is 21.3 Å². The van der Waals surface area contributed by atoms with Gasteiger partial charge in [0.2, 0.25) is 0 Å². The summed E-state index contributed by atoms with van der Waals surface area (Å²) >= 11 is 3.47. The standard InChI is InChI=1S/C17H19BrFNO/c1-4-21-16-8-6-12(18)10-14(16)17(20-3)13-9-11(2)5-7-15(13)19/h5-10,17,20H,4H2,1-3H3. The molecule has 0 spiro atoms. The second-order valence-electron chi connectivity index (χ2n) is 4.86. The van der Waals surface area contributed by atoms with Crippen molar-refractivity contribution in [3.63, 3.8) is 0 Å². The maximum absolute atomic E-state index is 14.2. The predicted octanol–water partition coefficient (Wildman–Crippen LogP) is 4.60. The maximum atomic E-state index is 14.2. The Labute approximate surface area is 133 Å². The van der Waals surface area contributed by atoms with Gasteiger partial charge in [0, 0.05) is 15.6 Å². The first kappa shape index (κ1) is 16.0. The Morgan fingerprint density at radius 1 is 1.19 bits per heavy atom. The lowest BCUT2D eigenvalue weighted by Gasteiger charge is -2.21. The largest absolute Gasteiger partial charge is 0.494 e. The van der Waals surface area contributed by atoms with Crippen LogP contribution in [0.4, 0.5) is 4.39 Å². The fourth-order valence-electron chi connectivity index (χ4n) is 2.39. The van der Waals surface area contributed by atoms with Crippen LogP contribution in [-0.2, 0) is 0 Å². The summed E-state index contributed by atoms with van der Waals surface area (Å²) in [6.07, 6.45) is 0. The molecule has 2 aromatic rings. The number of benzene rings is 2. The zero-order valence-corrected chi connectivity index (χ0v) is 14.0. The maximum Gasteiger partial charge on any atom is 0.128 e. The van der Waals surface area contributed by atoms with Gasteiger partial charge < -0.3 is 10.1 Å². The highest BCUT2D eigenvalue weighted by Gasteiger charge is 2.20. The summed E-state index contributed by atoms with van der Waals surface area (Å²) < 4.78 is 20.8. The topological polar surface area (TPSA) is 21.3 Å². The molecule has 0 radical (unpaired) electrons. The highest BCUT2D eigenvalue weighted by molar-refractivity contribution is 9.10. The van der Waals surface area contributed by atoms with Crippen molar-refractivity contribution < 1.29 is 9.13 Å². The molecule has 0 amide bonds. The molecule has 1 N–H and O–H groups in total. The molecule has 0 heterocycles. The van der Waals surface area contributed by atoms with Crippen LogP contribution in [0.15, 0.2) is 40.9 Å². The molecule has 0 saturated heterocycles. The van der Waals surface area contributed by atoms with Crippen LogP contribution in [-0.4, -0.2) is 13.7 Å². The molecule has 0 aliphatic carbocycles. The molecular weight excluding hydrogens is 333 g/mol. The quantitative estimate of drug-likeness (QED) is 0.849. The Bertz CT molecular complexity index is 630. The van der Waals surface area contributed by atoms with E-state index in [4.69, 9.17) is 4.74 Å². The summed E-state index contributed by atoms with van der Waals surface area (Å²) in [5, 5.41) is 3.19. The fourth-order valence-corrected chi connectivity index (χ4v) is 2.77. The second kappa shape index (κ2) is 7.05. The summed E-state index contributed by atoms with van der Waals surface area (Å²) in [5.74, 6) is 0.545. The minimum atomic E-state index is -0.260. The van der Waals surface area contributed by atoms with Crippen LogP contribution in [0.5, 0.6) is 5.75 Å². The van der Waals surface area contributed by atoms with Crippen LogP contribution in [0, 0.1) is 12.7 Å². The molecule has 0 bridgehead atoms. The Kier molecular flexibility index (Phi) is 5.37. The minimum Gasteiger partial charge on any atom is -0.494 e. The van der Waals surface area contributed by atoms with E-state index in [-0.39, 0.29) is 11.9 Å². The Balaban J connectivity index is 2.55. The zero-order valence-electron chi connectivity index (χ0n) is 12.4. The lowest BCUT2D eigenvalue weighted by atomic mass is 9.96. The predicted molar refractivity (Wildman–Crippen MR) is 87.4 cm³/mol. The van der Waals surface area contributed by atoms with E-state index in [1.807, 2.05) is 45.2 Å². The molecule has 0 saturated carbocycles. The molecule has 112 valence electrons. The molecule has 2 nitrogen and oxygen atoms in total. The number of hydrogen-bond acceptors (Lipinski definition) is 2. The van der Waals surface area contributed by atoms with Gasteiger partial charge in [0.1, 0.15) is 11.6 Å². The molecule has 0 aliphatic rings. The van der Waals surface area contributed by atoms with Crippen molar-refractivity contribution in [2.45, 2.75) is 19.9 Å². The first-order valence-electron chi connectivity index (χ1n) is 6.92. The first-order chi connectivity index (χ1) is 10.1. The fraction of sp³-hybridized carbons (Fsp3) is 0.294. The number of halogens is 2. The van der Waals surface area contributed by atoms with Crippen LogP contribution in [0.25, 0.3) is 0 Å². The molecular formula is C17H19BrFNO. The average Bonchev–Trinajstić information content (AvgIpc) is 2.46. The van der Waals surface area contributed by atoms with Crippen LogP contribution >= 0.6 is 15.9 Å². The van der Waals surface area contributed by atoms with Gasteiger partial charge in [0.15, 0.2) is 0 Å². The lowest BCUT2D eigenvalue weighted by Crippen LogP contribution is -2.20. The van der Waals surface area contributed by atoms with Crippen molar-refractivity contribution in [3.8, 4) is 5.75 Å². The van der Waals surface area contributed by atoms with Gasteiger partial charge in [-0.25, -0.2) is 4.39 Å². The monoisotopic (exact) mass is 351 g/mol. The smallest absolute Gasteiger partial charge is 0.128 e. The average molecular weight is 352 g/mol. The SMILES string of the molecule is CCOc1ccc(Br)cc1C(NC)c1cc(C)ccc1F. The summed E-state index contributed by atoms with van der Waals surface area (Å²) in [6, 6.07) is 10.7. The van der Waals surface area contributed by atoms with E-state index >= 15 is 0 Å². The van der Waals surface area contributed by atoms with Crippen molar-refractivity contribution in [2.75, 3.05) is 13.7 Å². The number of ether oxygens (including phenoxy) is 1. The van der Waals surface area contributed by atoms with Crippen molar-refractivity contribution >= 4 is 15.9 Å². The zero-order chi connectivity index (χ0) is 15.4. The first-order valence-corrected chi connectivity index (χ1v) is 7.71. The third-order valence-corrected chi connectivity index (χ3v) is 3.83. The number of hydrogen-bond donors (Lipinski definition) is 1. The molecule has 1 unspecified atom stereocenters. The third-order valence-electron chi connectivity index (χ3n) is 3.33. The third kappa shape index (κ3) is 3.63. The van der Waals surface area contributed by atoms with Gasteiger partial charge in [-0.3, -0.25) is 0 Å². The summed E-state index contributed by atoms with van der Waals surface area (Å²) in [4.78, 5) is 0. The van der Waals surface area contributed by atoms with Crippen molar-refractivity contribution in [1.29, 1.82) is 0 Å². The van der Waals surface area contributed by atoms with Gasteiger partial charge in [0.05, 0.1) is 12.6 Å². The molecule has 0 fully saturated rings. The van der Waals surface area contributed by atoms with Gasteiger partial charge in [-0.1, -0.05) is 33.6 Å². The van der Waals surface area contributed by atoms with Crippen LogP contribution in [0.1, 0.15) is 29.7 Å². The van der Waals surface area contributed by atoms with E-state index in [1.165, 1.54) is 6.07 Å². The van der Waals surface area contributed by atoms with Gasteiger partial charge in [0.25, 0.3) is 0 Å². The van der Waals surface area contributed by atoms with Gasteiger partial charge in [-0.2, -0.15) is 0 Å². The molecule has 4 heteroatoms. The van der Waals surface area contributed by atoms with E-state index in [1.54, 1.807) is 6.07 Å².